The molecule has 0 aliphatic carbocycles. The van der Waals surface area contributed by atoms with Gasteiger partial charge in [0.25, 0.3) is 5.56 Å². The molecule has 3 aromatic carbocycles. The van der Waals surface area contributed by atoms with Crippen LogP contribution in [-0.4, -0.2) is 33.8 Å². The van der Waals surface area contributed by atoms with E-state index in [0.29, 0.717) is 39.9 Å². The van der Waals surface area contributed by atoms with Gasteiger partial charge in [-0.05, 0) is 36.4 Å². The summed E-state index contributed by atoms with van der Waals surface area (Å²) in [5.74, 6) is 1.98. The second-order valence-electron chi connectivity index (χ2n) is 8.04. The number of carbonyl (C=O) groups is 1. The van der Waals surface area contributed by atoms with E-state index in [2.05, 4.69) is 5.32 Å². The first-order valence-electron chi connectivity index (χ1n) is 11.0. The highest BCUT2D eigenvalue weighted by atomic mass is 16.7. The molecule has 0 saturated heterocycles. The summed E-state index contributed by atoms with van der Waals surface area (Å²) in [6.45, 7) is 0.115. The second-order valence-corrected chi connectivity index (χ2v) is 8.04. The lowest BCUT2D eigenvalue weighted by atomic mass is 10.1. The first-order valence-corrected chi connectivity index (χ1v) is 11.0. The van der Waals surface area contributed by atoms with Crippen LogP contribution in [0, 0.1) is 0 Å². The van der Waals surface area contributed by atoms with Crippen LogP contribution in [0.25, 0.3) is 28.1 Å². The van der Waals surface area contributed by atoms with Gasteiger partial charge in [-0.1, -0.05) is 24.3 Å². The molecule has 0 fully saturated rings. The van der Waals surface area contributed by atoms with E-state index in [1.165, 1.54) is 10.5 Å². The molecule has 0 unspecified atom stereocenters. The van der Waals surface area contributed by atoms with Crippen molar-refractivity contribution in [2.24, 2.45) is 0 Å². The summed E-state index contributed by atoms with van der Waals surface area (Å²) in [7, 11) is 1.58. The molecule has 0 atom stereocenters. The fourth-order valence-electron chi connectivity index (χ4n) is 4.27. The van der Waals surface area contributed by atoms with Gasteiger partial charge in [-0.2, -0.15) is 0 Å². The maximum atomic E-state index is 13.2. The third-order valence-electron chi connectivity index (χ3n) is 5.88. The average Bonchev–Trinajstić information content (AvgIpc) is 3.47. The summed E-state index contributed by atoms with van der Waals surface area (Å²) in [5.41, 5.74) is 2.98. The number of nitrogens with one attached hydrogen (secondary N) is 1. The summed E-state index contributed by atoms with van der Waals surface area (Å²) in [6, 6.07) is 21.5. The van der Waals surface area contributed by atoms with Crippen molar-refractivity contribution in [2.45, 2.75) is 6.54 Å². The van der Waals surface area contributed by atoms with Gasteiger partial charge in [0.15, 0.2) is 11.5 Å². The Kier molecular flexibility index (Phi) is 4.88. The Labute approximate surface area is 199 Å². The minimum atomic E-state index is -0.270. The molecule has 0 spiro atoms. The van der Waals surface area contributed by atoms with E-state index in [4.69, 9.17) is 19.2 Å². The van der Waals surface area contributed by atoms with Crippen LogP contribution in [0.4, 0.5) is 5.69 Å². The molecule has 0 bridgehead atoms. The Bertz CT molecular complexity index is 1670. The van der Waals surface area contributed by atoms with E-state index in [-0.39, 0.29) is 24.8 Å². The Morgan fingerprint density at radius 1 is 1.00 bits per heavy atom. The number of imidazole rings is 1. The van der Waals surface area contributed by atoms with Crippen molar-refractivity contribution in [3.05, 3.63) is 83.2 Å². The number of fused-ring (bicyclic) bond motifs is 4. The summed E-state index contributed by atoms with van der Waals surface area (Å²) >= 11 is 0. The Hall–Kier alpha value is -4.79. The van der Waals surface area contributed by atoms with Gasteiger partial charge in [0.1, 0.15) is 12.3 Å². The third kappa shape index (κ3) is 3.63. The van der Waals surface area contributed by atoms with Crippen LogP contribution in [0.15, 0.2) is 77.6 Å². The maximum absolute atomic E-state index is 13.2. The Morgan fingerprint density at radius 3 is 2.69 bits per heavy atom. The zero-order valence-electron chi connectivity index (χ0n) is 18.7. The molecule has 2 aromatic heterocycles. The minimum absolute atomic E-state index is 0.0422. The predicted octanol–water partition coefficient (Wildman–Crippen LogP) is 3.69. The van der Waals surface area contributed by atoms with Gasteiger partial charge in [0, 0.05) is 23.4 Å². The van der Waals surface area contributed by atoms with Crippen LogP contribution >= 0.6 is 0 Å². The quantitative estimate of drug-likeness (QED) is 0.423. The lowest BCUT2D eigenvalue weighted by molar-refractivity contribution is -0.116. The van der Waals surface area contributed by atoms with Crippen LogP contribution in [-0.2, 0) is 11.3 Å². The molecule has 9 nitrogen and oxygen atoms in total. The smallest absolute Gasteiger partial charge is 0.260 e. The number of benzene rings is 3. The third-order valence-corrected chi connectivity index (χ3v) is 5.88. The van der Waals surface area contributed by atoms with Gasteiger partial charge in [-0.15, -0.1) is 0 Å². The summed E-state index contributed by atoms with van der Waals surface area (Å²) in [4.78, 5) is 31.0. The molecule has 9 heteroatoms. The fourth-order valence-corrected chi connectivity index (χ4v) is 4.27. The summed E-state index contributed by atoms with van der Waals surface area (Å²) in [5, 5.41) is 2.89. The van der Waals surface area contributed by atoms with Crippen molar-refractivity contribution in [3.63, 3.8) is 0 Å². The van der Waals surface area contributed by atoms with E-state index in [1.807, 2.05) is 48.5 Å². The number of hydrogen-bond donors (Lipinski definition) is 1. The molecule has 0 saturated carbocycles. The van der Waals surface area contributed by atoms with E-state index in [0.717, 1.165) is 11.1 Å². The first-order chi connectivity index (χ1) is 17.1. The molecule has 1 aliphatic heterocycles. The molecule has 35 heavy (non-hydrogen) atoms. The van der Waals surface area contributed by atoms with E-state index in [9.17, 15) is 9.59 Å². The number of nitrogens with zero attached hydrogens (tertiary/aromatic N) is 3. The standard InChI is InChI=1S/C26H20N4O5/c1-33-18-6-4-5-16(11-18)19-13-25(32)30-21-8-3-2-7-20(21)29(26(30)28-19)14-24(31)27-17-9-10-22-23(12-17)35-15-34-22/h2-13H,14-15H2,1H3,(H,27,31). The number of para-hydroxylation sites is 2. The second kappa shape index (κ2) is 8.21. The number of methoxy groups -OCH3 is 1. The highest BCUT2D eigenvalue weighted by Gasteiger charge is 2.19. The predicted molar refractivity (Wildman–Crippen MR) is 130 cm³/mol. The molecule has 5 aromatic rings. The Morgan fingerprint density at radius 2 is 1.83 bits per heavy atom. The van der Waals surface area contributed by atoms with Crippen LogP contribution in [0.3, 0.4) is 0 Å². The van der Waals surface area contributed by atoms with Crippen molar-refractivity contribution < 1.29 is 19.0 Å². The van der Waals surface area contributed by atoms with Gasteiger partial charge < -0.3 is 24.1 Å². The van der Waals surface area contributed by atoms with E-state index in [1.54, 1.807) is 29.9 Å². The normalized spacial score (nSPS) is 12.3. The van der Waals surface area contributed by atoms with E-state index < -0.39 is 0 Å². The van der Waals surface area contributed by atoms with Crippen LogP contribution in [0.5, 0.6) is 17.2 Å². The molecular formula is C26H20N4O5. The van der Waals surface area contributed by atoms with Crippen molar-refractivity contribution in [2.75, 3.05) is 19.2 Å². The Balaban J connectivity index is 1.43. The number of anilines is 1. The molecule has 174 valence electrons. The van der Waals surface area contributed by atoms with Crippen LogP contribution in [0.2, 0.25) is 0 Å². The van der Waals surface area contributed by atoms with Gasteiger partial charge in [0.2, 0.25) is 18.5 Å². The van der Waals surface area contributed by atoms with Crippen molar-refractivity contribution in [1.82, 2.24) is 14.0 Å². The number of ether oxygens (including phenoxy) is 3. The number of hydrogen-bond acceptors (Lipinski definition) is 6. The molecule has 1 N–H and O–H groups in total. The fraction of sp³-hybridized carbons (Fsp3) is 0.115. The molecular weight excluding hydrogens is 448 g/mol. The molecule has 1 aliphatic rings. The van der Waals surface area contributed by atoms with Gasteiger partial charge in [0.05, 0.1) is 23.8 Å². The largest absolute Gasteiger partial charge is 0.497 e. The highest BCUT2D eigenvalue weighted by Crippen LogP contribution is 2.34. The number of rotatable bonds is 5. The van der Waals surface area contributed by atoms with Crippen molar-refractivity contribution in [1.29, 1.82) is 0 Å². The monoisotopic (exact) mass is 468 g/mol. The number of amides is 1. The lowest BCUT2D eigenvalue weighted by Crippen LogP contribution is -2.20. The topological polar surface area (TPSA) is 96.1 Å². The van der Waals surface area contributed by atoms with Gasteiger partial charge >= 0.3 is 0 Å². The van der Waals surface area contributed by atoms with E-state index >= 15 is 0 Å². The van der Waals surface area contributed by atoms with Crippen molar-refractivity contribution >= 4 is 28.4 Å². The lowest BCUT2D eigenvalue weighted by Gasteiger charge is -2.09. The zero-order chi connectivity index (χ0) is 23.9. The van der Waals surface area contributed by atoms with Crippen LogP contribution < -0.4 is 25.1 Å². The zero-order valence-corrected chi connectivity index (χ0v) is 18.7. The first kappa shape index (κ1) is 20.8. The van der Waals surface area contributed by atoms with Gasteiger partial charge in [-0.25, -0.2) is 9.38 Å². The molecule has 0 radical (unpaired) electrons. The summed E-state index contributed by atoms with van der Waals surface area (Å²) < 4.78 is 19.3. The number of aromatic nitrogens is 3. The van der Waals surface area contributed by atoms with Gasteiger partial charge in [-0.3, -0.25) is 9.59 Å². The maximum Gasteiger partial charge on any atom is 0.260 e. The molecule has 6 rings (SSSR count). The number of carbonyl (C=O) groups excluding carboxylic acids is 1. The highest BCUT2D eigenvalue weighted by molar-refractivity contribution is 5.93. The molecule has 3 heterocycles. The minimum Gasteiger partial charge on any atom is -0.497 e. The average molecular weight is 468 g/mol. The van der Waals surface area contributed by atoms with Crippen molar-refractivity contribution in [3.8, 4) is 28.5 Å². The SMILES string of the molecule is COc1cccc(-c2cc(=O)n3c4ccccc4n(CC(=O)Nc4ccc5c(c4)OCO5)c3n2)c1. The summed E-state index contributed by atoms with van der Waals surface area (Å²) in [6.07, 6.45) is 0. The van der Waals surface area contributed by atoms with Crippen LogP contribution in [0.1, 0.15) is 0 Å². The molecule has 1 amide bonds.